The van der Waals surface area contributed by atoms with E-state index in [0.29, 0.717) is 19.7 Å². The largest absolute Gasteiger partial charge is 0.494 e. The maximum absolute atomic E-state index is 5.66. The second-order valence-corrected chi connectivity index (χ2v) is 6.36. The molecule has 6 heteroatoms. The standard InChI is InChI=1S/C18H26N4OS/c1-4-15-12-20-17(24-15)13-22-18(19-5-2)21-11-14-9-7-8-10-16(14)23-6-3/h7-10,12H,4-6,11,13H2,1-3H3,(H2,19,21,22). The van der Waals surface area contributed by atoms with Crippen LogP contribution in [-0.2, 0) is 19.5 Å². The summed E-state index contributed by atoms with van der Waals surface area (Å²) in [5.41, 5.74) is 1.08. The second-order valence-electron chi connectivity index (χ2n) is 5.16. The van der Waals surface area contributed by atoms with Crippen molar-refractivity contribution in [2.45, 2.75) is 40.3 Å². The number of rotatable bonds is 8. The Kier molecular flexibility index (Phi) is 7.55. The number of aromatic nitrogens is 1. The van der Waals surface area contributed by atoms with E-state index in [0.717, 1.165) is 35.2 Å². The molecule has 24 heavy (non-hydrogen) atoms. The van der Waals surface area contributed by atoms with Gasteiger partial charge in [0.05, 0.1) is 19.7 Å². The van der Waals surface area contributed by atoms with E-state index in [1.54, 1.807) is 11.3 Å². The number of nitrogens with zero attached hydrogens (tertiary/aromatic N) is 2. The number of aliphatic imine (C=N–C) groups is 1. The molecule has 0 atom stereocenters. The van der Waals surface area contributed by atoms with Crippen LogP contribution < -0.4 is 15.4 Å². The highest BCUT2D eigenvalue weighted by Crippen LogP contribution is 2.18. The first-order valence-corrected chi connectivity index (χ1v) is 9.24. The molecular weight excluding hydrogens is 320 g/mol. The molecule has 0 saturated carbocycles. The van der Waals surface area contributed by atoms with E-state index >= 15 is 0 Å². The number of ether oxygens (including phenoxy) is 1. The Morgan fingerprint density at radius 1 is 1.21 bits per heavy atom. The summed E-state index contributed by atoms with van der Waals surface area (Å²) in [6.45, 7) is 8.92. The summed E-state index contributed by atoms with van der Waals surface area (Å²) in [5, 5.41) is 7.69. The van der Waals surface area contributed by atoms with Crippen LogP contribution in [0, 0.1) is 0 Å². The van der Waals surface area contributed by atoms with E-state index in [4.69, 9.17) is 4.74 Å². The molecule has 130 valence electrons. The van der Waals surface area contributed by atoms with Crippen LogP contribution in [0.3, 0.4) is 0 Å². The minimum Gasteiger partial charge on any atom is -0.494 e. The minimum absolute atomic E-state index is 0.573. The highest BCUT2D eigenvalue weighted by molar-refractivity contribution is 7.11. The van der Waals surface area contributed by atoms with Crippen molar-refractivity contribution in [1.82, 2.24) is 15.6 Å². The first-order chi connectivity index (χ1) is 11.8. The van der Waals surface area contributed by atoms with E-state index in [1.165, 1.54) is 4.88 Å². The molecule has 0 amide bonds. The summed E-state index contributed by atoms with van der Waals surface area (Å²) >= 11 is 1.74. The van der Waals surface area contributed by atoms with E-state index in [-0.39, 0.29) is 0 Å². The smallest absolute Gasteiger partial charge is 0.191 e. The van der Waals surface area contributed by atoms with Crippen molar-refractivity contribution in [3.05, 3.63) is 45.9 Å². The number of nitrogens with one attached hydrogen (secondary N) is 2. The molecule has 2 rings (SSSR count). The Morgan fingerprint density at radius 3 is 2.75 bits per heavy atom. The molecule has 0 spiro atoms. The summed E-state index contributed by atoms with van der Waals surface area (Å²) in [7, 11) is 0. The number of thiazole rings is 1. The molecule has 0 bridgehead atoms. The summed E-state index contributed by atoms with van der Waals surface area (Å²) in [5.74, 6) is 1.68. The minimum atomic E-state index is 0.573. The lowest BCUT2D eigenvalue weighted by Crippen LogP contribution is -2.36. The lowest BCUT2D eigenvalue weighted by molar-refractivity contribution is 0.336. The predicted molar refractivity (Wildman–Crippen MR) is 101 cm³/mol. The third kappa shape index (κ3) is 5.53. The number of guanidine groups is 1. The van der Waals surface area contributed by atoms with Gasteiger partial charge in [0.2, 0.25) is 0 Å². The van der Waals surface area contributed by atoms with Gasteiger partial charge < -0.3 is 15.4 Å². The van der Waals surface area contributed by atoms with E-state index in [2.05, 4.69) is 34.5 Å². The molecule has 2 N–H and O–H groups in total. The molecule has 5 nitrogen and oxygen atoms in total. The molecule has 1 aromatic carbocycles. The Labute approximate surface area is 148 Å². The molecule has 0 aliphatic rings. The molecule has 0 radical (unpaired) electrons. The quantitative estimate of drug-likeness (QED) is 0.568. The van der Waals surface area contributed by atoms with Crippen LogP contribution in [0.1, 0.15) is 36.2 Å². The Hall–Kier alpha value is -2.08. The average molecular weight is 347 g/mol. The van der Waals surface area contributed by atoms with Crippen molar-refractivity contribution in [1.29, 1.82) is 0 Å². The van der Waals surface area contributed by atoms with Crippen molar-refractivity contribution in [2.24, 2.45) is 4.99 Å². The Morgan fingerprint density at radius 2 is 2.04 bits per heavy atom. The SMILES string of the molecule is CCNC(=NCc1ccccc1OCC)NCc1ncc(CC)s1. The van der Waals surface area contributed by atoms with Gasteiger partial charge in [0.15, 0.2) is 5.96 Å². The summed E-state index contributed by atoms with van der Waals surface area (Å²) in [4.78, 5) is 10.4. The maximum Gasteiger partial charge on any atom is 0.191 e. The van der Waals surface area contributed by atoms with Crippen molar-refractivity contribution in [3.63, 3.8) is 0 Å². The normalized spacial score (nSPS) is 11.4. The highest BCUT2D eigenvalue weighted by Gasteiger charge is 2.05. The molecule has 0 saturated heterocycles. The molecule has 0 fully saturated rings. The number of para-hydroxylation sites is 1. The van der Waals surface area contributed by atoms with Gasteiger partial charge in [-0.25, -0.2) is 9.98 Å². The van der Waals surface area contributed by atoms with Crippen LogP contribution in [0.25, 0.3) is 0 Å². The van der Waals surface area contributed by atoms with Crippen LogP contribution in [-0.4, -0.2) is 24.1 Å². The van der Waals surface area contributed by atoms with Crippen molar-refractivity contribution in [2.75, 3.05) is 13.2 Å². The topological polar surface area (TPSA) is 58.5 Å². The second kappa shape index (κ2) is 9.93. The van der Waals surface area contributed by atoms with Gasteiger partial charge in [-0.2, -0.15) is 0 Å². The zero-order valence-corrected chi connectivity index (χ0v) is 15.4. The predicted octanol–water partition coefficient (Wildman–Crippen LogP) is 3.36. The number of hydrogen-bond donors (Lipinski definition) is 2. The Balaban J connectivity index is 1.99. The number of aryl methyl sites for hydroxylation is 1. The highest BCUT2D eigenvalue weighted by atomic mass is 32.1. The fourth-order valence-corrected chi connectivity index (χ4v) is 2.99. The fraction of sp³-hybridized carbons (Fsp3) is 0.444. The first-order valence-electron chi connectivity index (χ1n) is 8.43. The fourth-order valence-electron chi connectivity index (χ4n) is 2.19. The van der Waals surface area contributed by atoms with Gasteiger partial charge in [0.1, 0.15) is 10.8 Å². The first kappa shape index (κ1) is 18.3. The van der Waals surface area contributed by atoms with Gasteiger partial charge in [-0.15, -0.1) is 11.3 Å². The van der Waals surface area contributed by atoms with E-state index < -0.39 is 0 Å². The van der Waals surface area contributed by atoms with Crippen LogP contribution >= 0.6 is 11.3 Å². The molecular formula is C18H26N4OS. The van der Waals surface area contributed by atoms with Crippen molar-refractivity contribution >= 4 is 17.3 Å². The third-order valence-corrected chi connectivity index (χ3v) is 4.52. The van der Waals surface area contributed by atoms with Gasteiger partial charge >= 0.3 is 0 Å². The summed E-state index contributed by atoms with van der Waals surface area (Å²) in [6.07, 6.45) is 2.98. The molecule has 1 heterocycles. The number of benzene rings is 1. The average Bonchev–Trinajstić information content (AvgIpc) is 3.07. The van der Waals surface area contributed by atoms with Crippen LogP contribution in [0.15, 0.2) is 35.5 Å². The van der Waals surface area contributed by atoms with Gasteiger partial charge in [0, 0.05) is 23.2 Å². The van der Waals surface area contributed by atoms with Crippen LogP contribution in [0.2, 0.25) is 0 Å². The number of hydrogen-bond acceptors (Lipinski definition) is 4. The monoisotopic (exact) mass is 346 g/mol. The summed E-state index contributed by atoms with van der Waals surface area (Å²) in [6, 6.07) is 8.02. The molecule has 1 aromatic heterocycles. The third-order valence-electron chi connectivity index (χ3n) is 3.38. The van der Waals surface area contributed by atoms with Gasteiger partial charge in [-0.1, -0.05) is 25.1 Å². The zero-order valence-electron chi connectivity index (χ0n) is 14.6. The van der Waals surface area contributed by atoms with E-state index in [1.807, 2.05) is 37.4 Å². The lowest BCUT2D eigenvalue weighted by atomic mass is 10.2. The Bertz CT molecular complexity index is 654. The maximum atomic E-state index is 5.66. The van der Waals surface area contributed by atoms with Gasteiger partial charge in [-0.3, -0.25) is 0 Å². The van der Waals surface area contributed by atoms with Crippen molar-refractivity contribution < 1.29 is 4.74 Å². The lowest BCUT2D eigenvalue weighted by Gasteiger charge is -2.11. The molecule has 0 aliphatic heterocycles. The molecule has 0 unspecified atom stereocenters. The van der Waals surface area contributed by atoms with Gasteiger partial charge in [0.25, 0.3) is 0 Å². The molecule has 2 aromatic rings. The summed E-state index contributed by atoms with van der Waals surface area (Å²) < 4.78 is 5.66. The molecule has 0 aliphatic carbocycles. The van der Waals surface area contributed by atoms with Crippen LogP contribution in [0.4, 0.5) is 0 Å². The van der Waals surface area contributed by atoms with E-state index in [9.17, 15) is 0 Å². The van der Waals surface area contributed by atoms with Gasteiger partial charge in [-0.05, 0) is 26.3 Å². The van der Waals surface area contributed by atoms with Crippen LogP contribution in [0.5, 0.6) is 5.75 Å². The van der Waals surface area contributed by atoms with Crippen molar-refractivity contribution in [3.8, 4) is 5.75 Å². The zero-order chi connectivity index (χ0) is 17.2.